The van der Waals surface area contributed by atoms with E-state index < -0.39 is 0 Å². The average Bonchev–Trinajstić information content (AvgIpc) is 3.17. The zero-order valence-electron chi connectivity index (χ0n) is 16.6. The van der Waals surface area contributed by atoms with Gasteiger partial charge < -0.3 is 5.32 Å². The van der Waals surface area contributed by atoms with Crippen molar-refractivity contribution in [3.05, 3.63) is 53.1 Å². The summed E-state index contributed by atoms with van der Waals surface area (Å²) < 4.78 is 2.64. The minimum atomic E-state index is -0.331. The van der Waals surface area contributed by atoms with Gasteiger partial charge in [-0.25, -0.2) is 9.20 Å². The molecule has 0 saturated carbocycles. The molecule has 8 nitrogen and oxygen atoms in total. The zero-order valence-corrected chi connectivity index (χ0v) is 16.6. The number of rotatable bonds is 6. The fourth-order valence-corrected chi connectivity index (χ4v) is 3.82. The summed E-state index contributed by atoms with van der Waals surface area (Å²) in [6.45, 7) is 4.62. The Morgan fingerprint density at radius 3 is 2.86 bits per heavy atom. The SMILES string of the molecule is CC1CCCCN1CCNC(=O)Cn1ncn2nc(-c3ccccc3)cc2c1=O. The van der Waals surface area contributed by atoms with Crippen molar-refractivity contribution in [1.29, 1.82) is 0 Å². The quantitative estimate of drug-likeness (QED) is 0.686. The molecular formula is C21H26N6O2. The van der Waals surface area contributed by atoms with E-state index in [1.165, 1.54) is 34.8 Å². The van der Waals surface area contributed by atoms with Gasteiger partial charge in [0.1, 0.15) is 18.4 Å². The van der Waals surface area contributed by atoms with E-state index in [4.69, 9.17) is 0 Å². The van der Waals surface area contributed by atoms with Crippen LogP contribution in [-0.4, -0.2) is 55.9 Å². The fraction of sp³-hybridized carbons (Fsp3) is 0.429. The van der Waals surface area contributed by atoms with Gasteiger partial charge >= 0.3 is 0 Å². The molecule has 8 heteroatoms. The monoisotopic (exact) mass is 394 g/mol. The number of fused-ring (bicyclic) bond motifs is 1. The third kappa shape index (κ3) is 4.37. The highest BCUT2D eigenvalue weighted by Gasteiger charge is 2.18. The van der Waals surface area contributed by atoms with Gasteiger partial charge in [-0.05, 0) is 32.4 Å². The summed E-state index contributed by atoms with van der Waals surface area (Å²) in [7, 11) is 0. The molecule has 1 unspecified atom stereocenters. The van der Waals surface area contributed by atoms with Gasteiger partial charge in [-0.15, -0.1) is 0 Å². The Labute approximate surface area is 169 Å². The normalized spacial score (nSPS) is 17.5. The van der Waals surface area contributed by atoms with E-state index in [0.29, 0.717) is 23.8 Å². The Balaban J connectivity index is 1.40. The lowest BCUT2D eigenvalue weighted by atomic mass is 10.0. The van der Waals surface area contributed by atoms with Crippen molar-refractivity contribution < 1.29 is 4.79 Å². The summed E-state index contributed by atoms with van der Waals surface area (Å²) in [5.41, 5.74) is 1.69. The van der Waals surface area contributed by atoms with Crippen molar-refractivity contribution in [2.24, 2.45) is 0 Å². The Morgan fingerprint density at radius 2 is 2.07 bits per heavy atom. The molecule has 1 amide bonds. The number of nitrogens with zero attached hydrogens (tertiary/aromatic N) is 5. The van der Waals surface area contributed by atoms with E-state index in [-0.39, 0.29) is 18.0 Å². The number of nitrogens with one attached hydrogen (secondary N) is 1. The second-order valence-electron chi connectivity index (χ2n) is 7.55. The topological polar surface area (TPSA) is 84.5 Å². The van der Waals surface area contributed by atoms with Gasteiger partial charge in [0.15, 0.2) is 0 Å². The average molecular weight is 394 g/mol. The number of aromatic nitrogens is 4. The summed E-state index contributed by atoms with van der Waals surface area (Å²) in [6, 6.07) is 11.9. The van der Waals surface area contributed by atoms with Crippen molar-refractivity contribution in [1.82, 2.24) is 29.6 Å². The van der Waals surface area contributed by atoms with Gasteiger partial charge in [0.2, 0.25) is 5.91 Å². The third-order valence-electron chi connectivity index (χ3n) is 5.51. The van der Waals surface area contributed by atoms with Crippen molar-refractivity contribution in [3.8, 4) is 11.3 Å². The van der Waals surface area contributed by atoms with Crippen LogP contribution >= 0.6 is 0 Å². The number of likely N-dealkylation sites (tertiary alicyclic amines) is 1. The van der Waals surface area contributed by atoms with E-state index in [0.717, 1.165) is 18.7 Å². The molecule has 0 aliphatic carbocycles. The van der Waals surface area contributed by atoms with Crippen LogP contribution in [0.1, 0.15) is 26.2 Å². The highest BCUT2D eigenvalue weighted by Crippen LogP contribution is 2.17. The minimum absolute atomic E-state index is 0.100. The molecule has 0 bridgehead atoms. The van der Waals surface area contributed by atoms with E-state index in [9.17, 15) is 9.59 Å². The predicted octanol–water partition coefficient (Wildman–Crippen LogP) is 1.55. The molecule has 1 saturated heterocycles. The van der Waals surface area contributed by atoms with Gasteiger partial charge in [0.25, 0.3) is 5.56 Å². The Hall–Kier alpha value is -3.00. The van der Waals surface area contributed by atoms with Crippen LogP contribution in [-0.2, 0) is 11.3 Å². The molecule has 3 aromatic rings. The fourth-order valence-electron chi connectivity index (χ4n) is 3.82. The molecule has 1 N–H and O–H groups in total. The molecule has 1 aliphatic rings. The van der Waals surface area contributed by atoms with Gasteiger partial charge in [-0.2, -0.15) is 10.2 Å². The largest absolute Gasteiger partial charge is 0.353 e. The van der Waals surface area contributed by atoms with Gasteiger partial charge in [-0.3, -0.25) is 14.5 Å². The minimum Gasteiger partial charge on any atom is -0.353 e. The summed E-state index contributed by atoms with van der Waals surface area (Å²) in [5.74, 6) is -0.212. The van der Waals surface area contributed by atoms with Crippen LogP contribution in [0.3, 0.4) is 0 Å². The lowest BCUT2D eigenvalue weighted by Crippen LogP contribution is -2.43. The second-order valence-corrected chi connectivity index (χ2v) is 7.55. The van der Waals surface area contributed by atoms with Crippen LogP contribution < -0.4 is 10.9 Å². The maximum Gasteiger partial charge on any atom is 0.293 e. The molecule has 1 aliphatic heterocycles. The summed E-state index contributed by atoms with van der Waals surface area (Å²) in [4.78, 5) is 27.4. The standard InChI is InChI=1S/C21H26N6O2/c1-16-7-5-6-11-25(16)12-10-22-20(28)14-26-21(29)19-13-18(24-27(19)15-23-26)17-8-3-2-4-9-17/h2-4,8-9,13,15-16H,5-7,10-12,14H2,1H3,(H,22,28). The van der Waals surface area contributed by atoms with E-state index >= 15 is 0 Å². The number of carbonyl (C=O) groups excluding carboxylic acids is 1. The van der Waals surface area contributed by atoms with Gasteiger partial charge in [0.05, 0.1) is 5.69 Å². The first kappa shape index (κ1) is 19.3. The second kappa shape index (κ2) is 8.57. The molecular weight excluding hydrogens is 368 g/mol. The van der Waals surface area contributed by atoms with E-state index in [1.54, 1.807) is 6.07 Å². The lowest BCUT2D eigenvalue weighted by molar-refractivity contribution is -0.122. The Bertz CT molecular complexity index is 1040. The first-order valence-electron chi connectivity index (χ1n) is 10.1. The number of hydrogen-bond donors (Lipinski definition) is 1. The van der Waals surface area contributed by atoms with Crippen LogP contribution in [0.15, 0.2) is 47.5 Å². The van der Waals surface area contributed by atoms with Crippen LogP contribution in [0, 0.1) is 0 Å². The number of piperidine rings is 1. The highest BCUT2D eigenvalue weighted by molar-refractivity contribution is 5.75. The molecule has 29 heavy (non-hydrogen) atoms. The maximum atomic E-state index is 12.7. The lowest BCUT2D eigenvalue weighted by Gasteiger charge is -2.33. The van der Waals surface area contributed by atoms with E-state index in [1.807, 2.05) is 30.3 Å². The third-order valence-corrected chi connectivity index (χ3v) is 5.51. The number of benzene rings is 1. The van der Waals surface area contributed by atoms with Crippen LogP contribution in [0.5, 0.6) is 0 Å². The highest BCUT2D eigenvalue weighted by atomic mass is 16.2. The molecule has 152 valence electrons. The van der Waals surface area contributed by atoms with Crippen LogP contribution in [0.4, 0.5) is 0 Å². The molecule has 0 radical (unpaired) electrons. The number of hydrogen-bond acceptors (Lipinski definition) is 5. The number of carbonyl (C=O) groups is 1. The first-order chi connectivity index (χ1) is 14.1. The molecule has 3 heterocycles. The summed E-state index contributed by atoms with van der Waals surface area (Å²) in [6.07, 6.45) is 5.17. The van der Waals surface area contributed by atoms with Crippen molar-refractivity contribution in [2.75, 3.05) is 19.6 Å². The molecule has 1 aromatic carbocycles. The molecule has 1 fully saturated rings. The number of amides is 1. The van der Waals surface area contributed by atoms with Crippen molar-refractivity contribution >= 4 is 11.4 Å². The summed E-state index contributed by atoms with van der Waals surface area (Å²) in [5, 5.41) is 11.4. The molecule has 1 atom stereocenters. The molecule has 2 aromatic heterocycles. The van der Waals surface area contributed by atoms with Crippen molar-refractivity contribution in [3.63, 3.8) is 0 Å². The molecule has 4 rings (SSSR count). The maximum absolute atomic E-state index is 12.7. The first-order valence-corrected chi connectivity index (χ1v) is 10.1. The molecule has 0 spiro atoms. The smallest absolute Gasteiger partial charge is 0.293 e. The summed E-state index contributed by atoms with van der Waals surface area (Å²) >= 11 is 0. The van der Waals surface area contributed by atoms with Crippen LogP contribution in [0.2, 0.25) is 0 Å². The predicted molar refractivity (Wildman–Crippen MR) is 111 cm³/mol. The van der Waals surface area contributed by atoms with Crippen LogP contribution in [0.25, 0.3) is 16.8 Å². The van der Waals surface area contributed by atoms with E-state index in [2.05, 4.69) is 27.3 Å². The van der Waals surface area contributed by atoms with Gasteiger partial charge in [0, 0.05) is 24.7 Å². The van der Waals surface area contributed by atoms with Crippen molar-refractivity contribution in [2.45, 2.75) is 38.8 Å². The Morgan fingerprint density at radius 1 is 1.24 bits per heavy atom. The Kier molecular flexibility index (Phi) is 5.71. The van der Waals surface area contributed by atoms with Gasteiger partial charge in [-0.1, -0.05) is 36.8 Å². The zero-order chi connectivity index (χ0) is 20.2.